The predicted molar refractivity (Wildman–Crippen MR) is 94.4 cm³/mol. The van der Waals surface area contributed by atoms with Crippen LogP contribution in [0.3, 0.4) is 0 Å². The van der Waals surface area contributed by atoms with Gasteiger partial charge in [0.25, 0.3) is 0 Å². The lowest BCUT2D eigenvalue weighted by Crippen LogP contribution is -2.35. The van der Waals surface area contributed by atoms with Gasteiger partial charge in [0.2, 0.25) is 11.2 Å². The van der Waals surface area contributed by atoms with Gasteiger partial charge in [0.05, 0.1) is 45.4 Å². The van der Waals surface area contributed by atoms with Crippen LogP contribution in [0.4, 0.5) is 0 Å². The van der Waals surface area contributed by atoms with Crippen molar-refractivity contribution in [2.75, 3.05) is 33.4 Å². The quantitative estimate of drug-likeness (QED) is 0.730. The van der Waals surface area contributed by atoms with E-state index in [0.29, 0.717) is 31.1 Å². The molecule has 2 aromatic heterocycles. The Bertz CT molecular complexity index is 853. The van der Waals surface area contributed by atoms with E-state index in [1.54, 1.807) is 24.1 Å². The average molecular weight is 377 g/mol. The largest absolute Gasteiger partial charge is 0.502 e. The molecule has 146 valence electrons. The Labute approximate surface area is 156 Å². The highest BCUT2D eigenvalue weighted by Crippen LogP contribution is 2.33. The number of rotatable bonds is 6. The van der Waals surface area contributed by atoms with Crippen LogP contribution in [0.15, 0.2) is 27.7 Å². The van der Waals surface area contributed by atoms with E-state index in [1.165, 1.54) is 13.2 Å². The van der Waals surface area contributed by atoms with Gasteiger partial charge >= 0.3 is 5.97 Å². The molecule has 1 aliphatic rings. The van der Waals surface area contributed by atoms with Crippen LogP contribution in [-0.4, -0.2) is 59.2 Å². The molecule has 1 aliphatic heterocycles. The first-order valence-electron chi connectivity index (χ1n) is 8.69. The fraction of sp³-hybridized carbons (Fsp3) is 0.500. The molecule has 0 unspecified atom stereocenters. The van der Waals surface area contributed by atoms with E-state index in [4.69, 9.17) is 13.9 Å². The van der Waals surface area contributed by atoms with Crippen molar-refractivity contribution >= 4 is 5.97 Å². The second-order valence-corrected chi connectivity index (χ2v) is 6.46. The number of aromatic hydroxyl groups is 1. The van der Waals surface area contributed by atoms with Gasteiger partial charge in [-0.15, -0.1) is 0 Å². The summed E-state index contributed by atoms with van der Waals surface area (Å²) in [6, 6.07) is 1.28. The molecule has 9 heteroatoms. The van der Waals surface area contributed by atoms with Gasteiger partial charge in [-0.1, -0.05) is 0 Å². The Morgan fingerprint density at radius 3 is 2.78 bits per heavy atom. The molecule has 0 aromatic carbocycles. The zero-order chi connectivity index (χ0) is 19.4. The normalized spacial score (nSPS) is 16.2. The van der Waals surface area contributed by atoms with Crippen molar-refractivity contribution in [1.29, 1.82) is 0 Å². The second-order valence-electron chi connectivity index (χ2n) is 6.46. The van der Waals surface area contributed by atoms with Gasteiger partial charge < -0.3 is 19.0 Å². The molecule has 3 heterocycles. The highest BCUT2D eigenvalue weighted by Gasteiger charge is 2.28. The van der Waals surface area contributed by atoms with E-state index in [0.717, 1.165) is 13.1 Å². The molecule has 27 heavy (non-hydrogen) atoms. The fourth-order valence-corrected chi connectivity index (χ4v) is 3.08. The maximum atomic E-state index is 12.3. The van der Waals surface area contributed by atoms with Crippen LogP contribution in [0.1, 0.15) is 29.4 Å². The molecule has 0 aliphatic carbocycles. The van der Waals surface area contributed by atoms with Gasteiger partial charge in [-0.2, -0.15) is 5.10 Å². The Balaban J connectivity index is 1.97. The number of ether oxygens (including phenoxy) is 2. The summed E-state index contributed by atoms with van der Waals surface area (Å²) in [5, 5.41) is 14.4. The van der Waals surface area contributed by atoms with Gasteiger partial charge in [-0.3, -0.25) is 19.2 Å². The lowest BCUT2D eigenvalue weighted by Gasteiger charge is -2.26. The lowest BCUT2D eigenvalue weighted by molar-refractivity contribution is -0.140. The van der Waals surface area contributed by atoms with Crippen molar-refractivity contribution in [2.24, 2.45) is 7.05 Å². The molecular weight excluding hydrogens is 354 g/mol. The highest BCUT2D eigenvalue weighted by atomic mass is 16.5. The summed E-state index contributed by atoms with van der Waals surface area (Å²) in [6.45, 7) is 3.12. The van der Waals surface area contributed by atoms with E-state index in [-0.39, 0.29) is 12.2 Å². The van der Waals surface area contributed by atoms with Gasteiger partial charge in [0.15, 0.2) is 5.76 Å². The molecule has 0 saturated carbocycles. The van der Waals surface area contributed by atoms with E-state index in [2.05, 4.69) is 10.00 Å². The van der Waals surface area contributed by atoms with Crippen molar-refractivity contribution in [3.05, 3.63) is 45.8 Å². The van der Waals surface area contributed by atoms with Crippen LogP contribution in [-0.2, 0) is 27.9 Å². The predicted octanol–water partition coefficient (Wildman–Crippen LogP) is 0.606. The zero-order valence-electron chi connectivity index (χ0n) is 15.4. The first-order chi connectivity index (χ1) is 13.0. The van der Waals surface area contributed by atoms with Crippen LogP contribution >= 0.6 is 0 Å². The number of aromatic nitrogens is 2. The molecule has 1 saturated heterocycles. The number of hydrogen-bond acceptors (Lipinski definition) is 8. The minimum absolute atomic E-state index is 0.0455. The van der Waals surface area contributed by atoms with Gasteiger partial charge in [0.1, 0.15) is 5.76 Å². The SMILES string of the molecule is COC(=O)C[C@H](c1cnn(C)c1)c1oc(CN2CCOCC2)cc(=O)c1O. The lowest BCUT2D eigenvalue weighted by atomic mass is 9.94. The van der Waals surface area contributed by atoms with E-state index >= 15 is 0 Å². The molecule has 0 amide bonds. The summed E-state index contributed by atoms with van der Waals surface area (Å²) < 4.78 is 17.5. The smallest absolute Gasteiger partial charge is 0.306 e. The summed E-state index contributed by atoms with van der Waals surface area (Å²) in [6.07, 6.45) is 3.20. The molecule has 0 radical (unpaired) electrons. The molecule has 1 fully saturated rings. The zero-order valence-corrected chi connectivity index (χ0v) is 15.4. The van der Waals surface area contributed by atoms with Crippen LogP contribution in [0.25, 0.3) is 0 Å². The molecule has 2 aromatic rings. The molecule has 1 atom stereocenters. The monoisotopic (exact) mass is 377 g/mol. The third-order valence-electron chi connectivity index (χ3n) is 4.53. The molecule has 9 nitrogen and oxygen atoms in total. The number of nitrogens with zero attached hydrogens (tertiary/aromatic N) is 3. The van der Waals surface area contributed by atoms with E-state index in [9.17, 15) is 14.7 Å². The summed E-state index contributed by atoms with van der Waals surface area (Å²) in [5.41, 5.74) is 0.100. The van der Waals surface area contributed by atoms with Crippen molar-refractivity contribution in [3.8, 4) is 5.75 Å². The van der Waals surface area contributed by atoms with Crippen LogP contribution in [0, 0.1) is 0 Å². The topological polar surface area (TPSA) is 107 Å². The van der Waals surface area contributed by atoms with Gasteiger partial charge in [0, 0.05) is 38.0 Å². The number of methoxy groups -OCH3 is 1. The number of esters is 1. The van der Waals surface area contributed by atoms with Gasteiger partial charge in [-0.25, -0.2) is 0 Å². The van der Waals surface area contributed by atoms with Gasteiger partial charge in [-0.05, 0) is 0 Å². The minimum Gasteiger partial charge on any atom is -0.502 e. The first kappa shape index (κ1) is 19.1. The third-order valence-corrected chi connectivity index (χ3v) is 4.53. The molecule has 3 rings (SSSR count). The van der Waals surface area contributed by atoms with E-state index < -0.39 is 23.1 Å². The van der Waals surface area contributed by atoms with Crippen LogP contribution in [0.2, 0.25) is 0 Å². The number of hydrogen-bond donors (Lipinski definition) is 1. The molecular formula is C18H23N3O6. The number of morpholine rings is 1. The average Bonchev–Trinajstić information content (AvgIpc) is 3.09. The summed E-state index contributed by atoms with van der Waals surface area (Å²) in [5.74, 6) is -1.19. The second kappa shape index (κ2) is 8.36. The maximum absolute atomic E-state index is 12.3. The Hall–Kier alpha value is -2.65. The van der Waals surface area contributed by atoms with Crippen molar-refractivity contribution < 1.29 is 23.8 Å². The standard InChI is InChI=1S/C18H23N3O6/c1-20-10-12(9-19-20)14(8-16(23)25-2)18-17(24)15(22)7-13(27-18)11-21-3-5-26-6-4-21/h7,9-10,14,24H,3-6,8,11H2,1-2H3/t14-/m1/s1. The third kappa shape index (κ3) is 4.55. The summed E-state index contributed by atoms with van der Waals surface area (Å²) in [4.78, 5) is 26.3. The number of aryl methyl sites for hydroxylation is 1. The van der Waals surface area contributed by atoms with Crippen molar-refractivity contribution in [1.82, 2.24) is 14.7 Å². The maximum Gasteiger partial charge on any atom is 0.306 e. The fourth-order valence-electron chi connectivity index (χ4n) is 3.08. The Morgan fingerprint density at radius 2 is 2.15 bits per heavy atom. The van der Waals surface area contributed by atoms with E-state index in [1.807, 2.05) is 0 Å². The molecule has 0 spiro atoms. The number of carbonyl (C=O) groups is 1. The van der Waals surface area contributed by atoms with Crippen molar-refractivity contribution in [2.45, 2.75) is 18.9 Å². The van der Waals surface area contributed by atoms with Crippen LogP contribution < -0.4 is 5.43 Å². The first-order valence-corrected chi connectivity index (χ1v) is 8.69. The minimum atomic E-state index is -0.677. The molecule has 1 N–H and O–H groups in total. The Morgan fingerprint density at radius 1 is 1.41 bits per heavy atom. The Kier molecular flexibility index (Phi) is 5.92. The van der Waals surface area contributed by atoms with Crippen LogP contribution in [0.5, 0.6) is 5.75 Å². The number of carbonyl (C=O) groups excluding carboxylic acids is 1. The highest BCUT2D eigenvalue weighted by molar-refractivity contribution is 5.71. The summed E-state index contributed by atoms with van der Waals surface area (Å²) >= 11 is 0. The van der Waals surface area contributed by atoms with Crippen molar-refractivity contribution in [3.63, 3.8) is 0 Å². The molecule has 0 bridgehead atoms. The summed E-state index contributed by atoms with van der Waals surface area (Å²) in [7, 11) is 3.02.